The van der Waals surface area contributed by atoms with E-state index in [1.807, 2.05) is 6.07 Å². The fourth-order valence-electron chi connectivity index (χ4n) is 2.58. The fraction of sp³-hybridized carbons (Fsp3) is 0.400. The van der Waals surface area contributed by atoms with Gasteiger partial charge < -0.3 is 4.74 Å². The third kappa shape index (κ3) is 5.02. The van der Waals surface area contributed by atoms with E-state index in [-0.39, 0.29) is 0 Å². The lowest BCUT2D eigenvalue weighted by Crippen LogP contribution is -2.08. The molecule has 1 heteroatoms. The van der Waals surface area contributed by atoms with E-state index in [0.29, 0.717) is 5.92 Å². The molecule has 0 aliphatic rings. The summed E-state index contributed by atoms with van der Waals surface area (Å²) < 4.78 is 5.87. The van der Waals surface area contributed by atoms with Gasteiger partial charge >= 0.3 is 0 Å². The lowest BCUT2D eigenvalue weighted by molar-refractivity contribution is 0.0825. The summed E-state index contributed by atoms with van der Waals surface area (Å²) >= 11 is 0. The first kappa shape index (κ1) is 15.8. The summed E-state index contributed by atoms with van der Waals surface area (Å²) in [6.07, 6.45) is 3.72. The van der Waals surface area contributed by atoms with Gasteiger partial charge in [-0.15, -0.1) is 0 Å². The Morgan fingerprint density at radius 2 is 1.52 bits per heavy atom. The monoisotopic (exact) mass is 282 g/mol. The van der Waals surface area contributed by atoms with Gasteiger partial charge in [0.15, 0.2) is 0 Å². The highest BCUT2D eigenvalue weighted by Gasteiger charge is 2.05. The summed E-state index contributed by atoms with van der Waals surface area (Å²) in [4.78, 5) is 0. The second kappa shape index (κ2) is 8.63. The SMILES string of the molecule is CCCC(CC)COCc1ccc(-c2ccccc2)cc1. The van der Waals surface area contributed by atoms with E-state index in [9.17, 15) is 0 Å². The van der Waals surface area contributed by atoms with Gasteiger partial charge in [0.1, 0.15) is 0 Å². The van der Waals surface area contributed by atoms with Crippen LogP contribution >= 0.6 is 0 Å². The summed E-state index contributed by atoms with van der Waals surface area (Å²) in [5.74, 6) is 0.707. The van der Waals surface area contributed by atoms with Crippen LogP contribution in [0.2, 0.25) is 0 Å². The molecule has 2 aromatic carbocycles. The first-order valence-corrected chi connectivity index (χ1v) is 8.05. The Morgan fingerprint density at radius 3 is 2.14 bits per heavy atom. The molecule has 0 radical (unpaired) electrons. The van der Waals surface area contributed by atoms with Gasteiger partial charge in [-0.25, -0.2) is 0 Å². The lowest BCUT2D eigenvalue weighted by atomic mass is 10.0. The maximum absolute atomic E-state index is 5.87. The van der Waals surface area contributed by atoms with E-state index >= 15 is 0 Å². The highest BCUT2D eigenvalue weighted by Crippen LogP contribution is 2.19. The molecule has 0 amide bonds. The van der Waals surface area contributed by atoms with Crippen molar-refractivity contribution in [2.75, 3.05) is 6.61 Å². The van der Waals surface area contributed by atoms with Gasteiger partial charge in [-0.2, -0.15) is 0 Å². The van der Waals surface area contributed by atoms with Crippen LogP contribution in [-0.4, -0.2) is 6.61 Å². The third-order valence-electron chi connectivity index (χ3n) is 3.96. The topological polar surface area (TPSA) is 9.23 Å². The number of benzene rings is 2. The Morgan fingerprint density at radius 1 is 0.857 bits per heavy atom. The van der Waals surface area contributed by atoms with E-state index in [1.54, 1.807) is 0 Å². The molecule has 0 heterocycles. The number of hydrogen-bond acceptors (Lipinski definition) is 1. The van der Waals surface area contributed by atoms with Crippen LogP contribution in [0.1, 0.15) is 38.7 Å². The van der Waals surface area contributed by atoms with Crippen molar-refractivity contribution in [3.8, 4) is 11.1 Å². The van der Waals surface area contributed by atoms with E-state index < -0.39 is 0 Å². The van der Waals surface area contributed by atoms with Crippen LogP contribution in [0.15, 0.2) is 54.6 Å². The summed E-state index contributed by atoms with van der Waals surface area (Å²) in [6.45, 7) is 6.09. The molecule has 0 aromatic heterocycles. The zero-order valence-corrected chi connectivity index (χ0v) is 13.2. The Balaban J connectivity index is 1.85. The van der Waals surface area contributed by atoms with Crippen molar-refractivity contribution in [2.45, 2.75) is 39.7 Å². The van der Waals surface area contributed by atoms with Gasteiger partial charge in [0.2, 0.25) is 0 Å². The summed E-state index contributed by atoms with van der Waals surface area (Å²) in [7, 11) is 0. The van der Waals surface area contributed by atoms with Gasteiger partial charge in [-0.1, -0.05) is 81.3 Å². The molecule has 21 heavy (non-hydrogen) atoms. The predicted molar refractivity (Wildman–Crippen MR) is 90.2 cm³/mol. The maximum Gasteiger partial charge on any atom is 0.0717 e. The molecule has 112 valence electrons. The fourth-order valence-corrected chi connectivity index (χ4v) is 2.58. The Kier molecular flexibility index (Phi) is 6.49. The lowest BCUT2D eigenvalue weighted by Gasteiger charge is -2.14. The van der Waals surface area contributed by atoms with Crippen molar-refractivity contribution in [3.05, 3.63) is 60.2 Å². The average Bonchev–Trinajstić information content (AvgIpc) is 2.55. The summed E-state index contributed by atoms with van der Waals surface area (Å²) in [6, 6.07) is 19.2. The molecule has 0 saturated carbocycles. The van der Waals surface area contributed by atoms with Gasteiger partial charge in [-0.3, -0.25) is 0 Å². The van der Waals surface area contributed by atoms with Gasteiger partial charge in [0.25, 0.3) is 0 Å². The zero-order chi connectivity index (χ0) is 14.9. The molecule has 0 saturated heterocycles. The number of ether oxygens (including phenoxy) is 1. The molecule has 2 aromatic rings. The Labute approximate surface area is 129 Å². The second-order valence-electron chi connectivity index (χ2n) is 5.64. The smallest absolute Gasteiger partial charge is 0.0717 e. The molecule has 1 unspecified atom stereocenters. The van der Waals surface area contributed by atoms with Crippen molar-refractivity contribution >= 4 is 0 Å². The van der Waals surface area contributed by atoms with Crippen molar-refractivity contribution in [2.24, 2.45) is 5.92 Å². The van der Waals surface area contributed by atoms with Crippen molar-refractivity contribution in [1.29, 1.82) is 0 Å². The predicted octanol–water partition coefficient (Wildman–Crippen LogP) is 5.70. The average molecular weight is 282 g/mol. The Bertz CT molecular complexity index is 501. The standard InChI is InChI=1S/C20H26O/c1-3-8-17(4-2)15-21-16-18-11-13-20(14-12-18)19-9-6-5-7-10-19/h5-7,9-14,17H,3-4,8,15-16H2,1-2H3. The van der Waals surface area contributed by atoms with Gasteiger partial charge in [0.05, 0.1) is 6.61 Å². The quantitative estimate of drug-likeness (QED) is 0.603. The first-order valence-electron chi connectivity index (χ1n) is 8.05. The van der Waals surface area contributed by atoms with Crippen LogP contribution in [0.25, 0.3) is 11.1 Å². The second-order valence-corrected chi connectivity index (χ2v) is 5.64. The van der Waals surface area contributed by atoms with Crippen molar-refractivity contribution in [1.82, 2.24) is 0 Å². The Hall–Kier alpha value is -1.60. The molecule has 0 fully saturated rings. The molecule has 2 rings (SSSR count). The van der Waals surface area contributed by atoms with E-state index in [1.165, 1.54) is 36.0 Å². The molecular weight excluding hydrogens is 256 g/mol. The van der Waals surface area contributed by atoms with E-state index in [2.05, 4.69) is 62.4 Å². The number of hydrogen-bond donors (Lipinski definition) is 0. The molecule has 1 atom stereocenters. The first-order chi connectivity index (χ1) is 10.3. The molecule has 0 N–H and O–H groups in total. The third-order valence-corrected chi connectivity index (χ3v) is 3.96. The molecule has 0 aliphatic heterocycles. The minimum absolute atomic E-state index is 0.707. The highest BCUT2D eigenvalue weighted by molar-refractivity contribution is 5.63. The number of rotatable bonds is 8. The molecule has 0 spiro atoms. The van der Waals surface area contributed by atoms with E-state index in [0.717, 1.165) is 13.2 Å². The van der Waals surface area contributed by atoms with Crippen LogP contribution in [0.4, 0.5) is 0 Å². The largest absolute Gasteiger partial charge is 0.376 e. The van der Waals surface area contributed by atoms with Crippen LogP contribution in [0.5, 0.6) is 0 Å². The van der Waals surface area contributed by atoms with Crippen LogP contribution in [0.3, 0.4) is 0 Å². The molecule has 0 bridgehead atoms. The van der Waals surface area contributed by atoms with Gasteiger partial charge in [-0.05, 0) is 29.0 Å². The molecular formula is C20H26O. The van der Waals surface area contributed by atoms with Gasteiger partial charge in [0, 0.05) is 6.61 Å². The van der Waals surface area contributed by atoms with Crippen molar-refractivity contribution < 1.29 is 4.74 Å². The summed E-state index contributed by atoms with van der Waals surface area (Å²) in [5.41, 5.74) is 3.77. The van der Waals surface area contributed by atoms with Crippen molar-refractivity contribution in [3.63, 3.8) is 0 Å². The van der Waals surface area contributed by atoms with Crippen LogP contribution in [-0.2, 0) is 11.3 Å². The maximum atomic E-state index is 5.87. The van der Waals surface area contributed by atoms with E-state index in [4.69, 9.17) is 4.74 Å². The van der Waals surface area contributed by atoms with Crippen LogP contribution in [0, 0.1) is 5.92 Å². The normalized spacial score (nSPS) is 12.3. The minimum Gasteiger partial charge on any atom is -0.376 e. The molecule has 0 aliphatic carbocycles. The van der Waals surface area contributed by atoms with Crippen LogP contribution < -0.4 is 0 Å². The summed E-state index contributed by atoms with van der Waals surface area (Å²) in [5, 5.41) is 0. The molecule has 1 nitrogen and oxygen atoms in total. The highest BCUT2D eigenvalue weighted by atomic mass is 16.5. The zero-order valence-electron chi connectivity index (χ0n) is 13.2. The minimum atomic E-state index is 0.707.